The molecule has 0 unspecified atom stereocenters. The number of esters is 4. The highest BCUT2D eigenvalue weighted by atomic mass is 35.5. The number of nitrogens with zero attached hydrogens (tertiary/aromatic N) is 2. The molecule has 6 amide bonds. The Morgan fingerprint density at radius 3 is 1.29 bits per heavy atom. The van der Waals surface area contributed by atoms with Crippen LogP contribution in [0.1, 0.15) is 210 Å². The number of hydrogen-bond donors (Lipinski definition) is 9. The predicted octanol–water partition coefficient (Wildman–Crippen LogP) is 11.5. The number of carboxylic acids is 2. The van der Waals surface area contributed by atoms with E-state index in [-0.39, 0.29) is 158 Å². The van der Waals surface area contributed by atoms with E-state index in [1.807, 2.05) is 123 Å². The Kier molecular flexibility index (Phi) is 39.9. The summed E-state index contributed by atoms with van der Waals surface area (Å²) in [7, 11) is 6.76. The number of halogens is 1. The zero-order valence-corrected chi connectivity index (χ0v) is 82.2. The van der Waals surface area contributed by atoms with Crippen LogP contribution in [0.25, 0.3) is 33.2 Å². The first-order valence-electron chi connectivity index (χ1n) is 46.9. The molecule has 10 N–H and O–H groups in total. The number of aromatic carboxylic acids is 1. The van der Waals surface area contributed by atoms with Gasteiger partial charge in [-0.3, -0.25) is 48.2 Å². The fourth-order valence-electron chi connectivity index (χ4n) is 19.0. The highest BCUT2D eigenvalue weighted by molar-refractivity contribution is 5.97. The Morgan fingerprint density at radius 2 is 0.899 bits per heavy atom. The first-order chi connectivity index (χ1) is 65.0. The van der Waals surface area contributed by atoms with Crippen molar-refractivity contribution in [2.75, 3.05) is 81.5 Å². The van der Waals surface area contributed by atoms with E-state index in [1.54, 1.807) is 26.2 Å². The number of hydrogen-bond acceptors (Lipinski definition) is 26. The summed E-state index contributed by atoms with van der Waals surface area (Å²) in [5.74, 6) is -4.55. The molecule has 2 saturated carbocycles. The van der Waals surface area contributed by atoms with Gasteiger partial charge in [-0.15, -0.1) is 12.4 Å². The van der Waals surface area contributed by atoms with Crippen LogP contribution in [-0.4, -0.2) is 261 Å². The van der Waals surface area contributed by atoms with E-state index in [1.165, 1.54) is 38.2 Å². The molecule has 5 saturated heterocycles. The van der Waals surface area contributed by atoms with Crippen LogP contribution in [0.2, 0.25) is 0 Å². The number of aliphatic carboxylic acids is 1. The summed E-state index contributed by atoms with van der Waals surface area (Å²) in [6, 6.07) is 34.7. The second kappa shape index (κ2) is 50.1. The standard InChI is InChI=1S/C33H40N2O7.C24H27NO5.C18H30N2O5.C10H9NO3.C9H15NO3.C8H14N2O3.ClH/c1-33(2,3)42-21-17-28(30(37)34-27(31(38)40-4)16-20-10-9-15-29(20)36)35(18-21)32(39)41-19-26-24-13-7-5-11-22(24)23-12-6-8-14-25(23)26;1-24(2,3)30-15-12-21(22(26)27)25(13-15)23(28)29-14-20-18-10-6-4-8-16(18)17-9-5-7-11-19(17)20;1-18(2,3)25-12-9-13(19-10-12)16(22)20-14(17(23)24-4)8-11-6-5-7-15(11)21;1-14-9-4-2-3-7-6(9)5-8(11-7)10(12)13;1-6(9(12)13-2)5-7-3-4-10-8(7)11;1-13-8(12)6(9)4-5-2-3-10-7(5)11;/h5-8,11-14,20-21,26-28H,9-10,15-19H2,1-4H3,(H,34,37);4-11,15,20-21H,12-14H2,1-3H3,(H,26,27);11-14,19H,5-10H2,1-4H3,(H,20,22);2-5,11H,1H3,(H,12,13);6-7H,3-5H2,1-2H3,(H,10,11);5-6H,2-4,9H2,1H3,(H,10,11);1H/t20-,21+,27-,28-;15-,21+;11-,12+,13-,14-;;6-,7-;5-,6-;/m010.00./s1. The lowest BCUT2D eigenvalue weighted by molar-refractivity contribution is -0.146. The third kappa shape index (κ3) is 30.1. The molecular formula is C102H136ClN9O26. The summed E-state index contributed by atoms with van der Waals surface area (Å²) >= 11 is 0. The zero-order valence-electron chi connectivity index (χ0n) is 81.4. The number of nitrogens with two attached hydrogens (primary N) is 1. The molecule has 0 spiro atoms. The van der Waals surface area contributed by atoms with Crippen LogP contribution < -0.4 is 37.1 Å². The lowest BCUT2D eigenvalue weighted by atomic mass is 9.95. The van der Waals surface area contributed by atoms with Crippen LogP contribution in [0.3, 0.4) is 0 Å². The van der Waals surface area contributed by atoms with Crippen molar-refractivity contribution < 1.29 is 125 Å². The summed E-state index contributed by atoms with van der Waals surface area (Å²) in [6.45, 7) is 21.9. The molecule has 5 aromatic carbocycles. The zero-order chi connectivity index (χ0) is 99.9. The van der Waals surface area contributed by atoms with Gasteiger partial charge in [-0.1, -0.05) is 110 Å². The summed E-state index contributed by atoms with van der Waals surface area (Å²) < 4.78 is 53.4. The van der Waals surface area contributed by atoms with Crippen LogP contribution in [-0.2, 0) is 95.4 Å². The van der Waals surface area contributed by atoms with Crippen molar-refractivity contribution in [2.24, 2.45) is 35.3 Å². The minimum atomic E-state index is -1.04. The quantitative estimate of drug-likeness (QED) is 0.0180. The SMILES string of the molecule is CC(C)(C)O[C@@H]1C[C@@H](C(=O)O)N(C(=O)OCC2c3ccccc3-c3ccccc32)C1.COC(=O)[C@@H](C)C[C@@H]1CCNC1=O.COC(=O)[C@@H](N)C[C@@H]1CCNC1=O.COC(=O)[C@H](C[C@@H]1CCCC1=O)NC(=O)[C@@H]1C[C@@H](OC(C)(C)C)CN1.COC(=O)[C@H](C[C@@H]1CCCC1=O)NC(=O)[C@@H]1C[C@@H](OC(C)(C)C)CN1C(=O)OCC1c2ccccc2-c2ccccc21.COc1cccc2[nH]c(C(=O)O)cc12.Cl. The minimum absolute atomic E-state index is 0. The van der Waals surface area contributed by atoms with Gasteiger partial charge >= 0.3 is 48.0 Å². The van der Waals surface area contributed by atoms with Crippen LogP contribution >= 0.6 is 12.4 Å². The number of nitrogens with one attached hydrogen (secondary N) is 6. The second-order valence-corrected chi connectivity index (χ2v) is 38.7. The molecule has 0 radical (unpaired) electrons. The third-order valence-corrected chi connectivity index (χ3v) is 25.4. The van der Waals surface area contributed by atoms with E-state index in [4.69, 9.17) is 48.7 Å². The molecule has 6 heterocycles. The lowest BCUT2D eigenvalue weighted by Gasteiger charge is -2.26. The van der Waals surface area contributed by atoms with Gasteiger partial charge in [0.2, 0.25) is 23.6 Å². The molecule has 15 rings (SSSR count). The second-order valence-electron chi connectivity index (χ2n) is 38.7. The number of ketones is 2. The summed E-state index contributed by atoms with van der Waals surface area (Å²) in [6.07, 6.45) is 6.25. The van der Waals surface area contributed by atoms with Crippen molar-refractivity contribution in [3.63, 3.8) is 0 Å². The third-order valence-electron chi connectivity index (χ3n) is 25.4. The topological polar surface area (TPSA) is 480 Å². The predicted molar refractivity (Wildman–Crippen MR) is 512 cm³/mol. The number of carbonyl (C=O) groups excluding carboxylic acids is 12. The molecule has 752 valence electrons. The number of aromatic amines is 1. The number of likely N-dealkylation sites (tertiary alicyclic amines) is 2. The summed E-state index contributed by atoms with van der Waals surface area (Å²) in [4.78, 5) is 173. The van der Waals surface area contributed by atoms with Crippen molar-refractivity contribution in [1.29, 1.82) is 0 Å². The lowest BCUT2D eigenvalue weighted by Crippen LogP contribution is -2.51. The number of amides is 6. The van der Waals surface area contributed by atoms with Gasteiger partial charge in [0.1, 0.15) is 66.4 Å². The molecule has 1 aromatic heterocycles. The maximum Gasteiger partial charge on any atom is 0.410 e. The smallest absolute Gasteiger partial charge is 0.410 e. The van der Waals surface area contributed by atoms with Crippen LogP contribution in [0, 0.1) is 29.6 Å². The molecule has 0 bridgehead atoms. The summed E-state index contributed by atoms with van der Waals surface area (Å²) in [5, 5.41) is 33.2. The van der Waals surface area contributed by atoms with Crippen molar-refractivity contribution in [1.82, 2.24) is 41.4 Å². The molecule has 7 fully saturated rings. The van der Waals surface area contributed by atoms with Crippen LogP contribution in [0.15, 0.2) is 121 Å². The van der Waals surface area contributed by atoms with Gasteiger partial charge < -0.3 is 94.9 Å². The average Bonchev–Trinajstić information content (AvgIpc) is 1.61. The first-order valence-corrected chi connectivity index (χ1v) is 46.9. The Balaban J connectivity index is 0.000000196. The van der Waals surface area contributed by atoms with Crippen molar-refractivity contribution in [3.05, 3.63) is 149 Å². The number of fused-ring (bicyclic) bond motifs is 7. The Labute approximate surface area is 811 Å². The molecule has 36 heteroatoms. The van der Waals surface area contributed by atoms with E-state index in [2.05, 4.69) is 89.6 Å². The molecule has 35 nitrogen and oxygen atoms in total. The maximum atomic E-state index is 13.6. The number of aromatic nitrogens is 1. The van der Waals surface area contributed by atoms with E-state index >= 15 is 0 Å². The molecule has 6 aromatic rings. The molecular weight excluding hydrogens is 1800 g/mol. The number of Topliss-reactive ketones (excluding diaryl/α,β-unsaturated/α-hetero) is 2. The van der Waals surface area contributed by atoms with Crippen molar-refractivity contribution in [3.8, 4) is 28.0 Å². The monoisotopic (exact) mass is 1940 g/mol. The van der Waals surface area contributed by atoms with Gasteiger partial charge in [0, 0.05) is 91.7 Å². The van der Waals surface area contributed by atoms with Gasteiger partial charge in [0.05, 0.1) is 95.7 Å². The van der Waals surface area contributed by atoms with E-state index in [9.17, 15) is 72.2 Å². The fourth-order valence-corrected chi connectivity index (χ4v) is 19.0. The Hall–Kier alpha value is -11.9. The average molecular weight is 1940 g/mol. The van der Waals surface area contributed by atoms with Gasteiger partial charge in [-0.05, 0) is 196 Å². The van der Waals surface area contributed by atoms with Crippen LogP contribution in [0.4, 0.5) is 9.59 Å². The van der Waals surface area contributed by atoms with Crippen molar-refractivity contribution in [2.45, 2.75) is 249 Å². The van der Waals surface area contributed by atoms with Gasteiger partial charge in [0.25, 0.3) is 0 Å². The number of H-pyrrole nitrogens is 1. The normalized spacial score (nSPS) is 21.9. The number of rotatable bonds is 26. The number of carbonyl (C=O) groups is 14. The highest BCUT2D eigenvalue weighted by Crippen LogP contribution is 2.47. The van der Waals surface area contributed by atoms with Crippen LogP contribution in [0.5, 0.6) is 5.75 Å². The summed E-state index contributed by atoms with van der Waals surface area (Å²) in [5.41, 5.74) is 14.3. The van der Waals surface area contributed by atoms with E-state index in [0.717, 1.165) is 94.1 Å². The van der Waals surface area contributed by atoms with Gasteiger partial charge in [-0.2, -0.15) is 0 Å². The van der Waals surface area contributed by atoms with E-state index < -0.39 is 101 Å². The Bertz CT molecular complexity index is 5140. The minimum Gasteiger partial charge on any atom is -0.496 e. The number of carboxylic acid groups (broad SMARTS) is 2. The highest BCUT2D eigenvalue weighted by Gasteiger charge is 2.47. The van der Waals surface area contributed by atoms with Crippen molar-refractivity contribution >= 4 is 107 Å². The first kappa shape index (κ1) is 110. The Morgan fingerprint density at radius 1 is 0.486 bits per heavy atom. The largest absolute Gasteiger partial charge is 0.496 e. The number of methoxy groups -OCH3 is 5. The number of ether oxygens (including phenoxy) is 10. The molecule has 4 aliphatic carbocycles. The maximum absolute atomic E-state index is 13.6. The van der Waals surface area contributed by atoms with Gasteiger partial charge in [-0.25, -0.2) is 28.8 Å². The molecule has 14 atom stereocenters. The molecule has 138 heavy (non-hydrogen) atoms. The molecule has 9 aliphatic rings. The van der Waals surface area contributed by atoms with Gasteiger partial charge in [0.15, 0.2) is 0 Å². The fraction of sp³-hybridized carbons (Fsp3) is 0.549. The van der Waals surface area contributed by atoms with E-state index in [0.29, 0.717) is 63.8 Å². The number of benzene rings is 5. The molecule has 5 aliphatic heterocycles.